The molecule has 4 rings (SSSR count). The van der Waals surface area contributed by atoms with Gasteiger partial charge in [0.25, 0.3) is 0 Å². The second kappa shape index (κ2) is 7.84. The number of H-pyrrole nitrogens is 1. The summed E-state index contributed by atoms with van der Waals surface area (Å²) in [5, 5.41) is 7.53. The summed E-state index contributed by atoms with van der Waals surface area (Å²) in [6, 6.07) is 4.30. The molecule has 140 valence electrons. The maximum Gasteiger partial charge on any atom is 0.155 e. The molecule has 0 spiro atoms. The zero-order valence-corrected chi connectivity index (χ0v) is 15.8. The third-order valence-electron chi connectivity index (χ3n) is 5.74. The van der Waals surface area contributed by atoms with Gasteiger partial charge in [-0.2, -0.15) is 5.10 Å². The van der Waals surface area contributed by atoms with Gasteiger partial charge in [0.05, 0.1) is 0 Å². The number of likely N-dealkylation sites (tertiary alicyclic amines) is 1. The van der Waals surface area contributed by atoms with Gasteiger partial charge in [-0.3, -0.25) is 10.1 Å². The van der Waals surface area contributed by atoms with Crippen molar-refractivity contribution in [3.8, 4) is 0 Å². The molecular formula is C20H29N5O. The summed E-state index contributed by atoms with van der Waals surface area (Å²) in [6.07, 6.45) is 7.04. The van der Waals surface area contributed by atoms with E-state index in [4.69, 9.17) is 4.74 Å². The lowest BCUT2D eigenvalue weighted by atomic mass is 9.91. The number of aromatic amines is 1. The van der Waals surface area contributed by atoms with Crippen LogP contribution < -0.4 is 0 Å². The monoisotopic (exact) mass is 355 g/mol. The molecule has 1 N–H and O–H groups in total. The molecule has 0 unspecified atom stereocenters. The maximum atomic E-state index is 5.16. The number of aromatic nitrogens is 4. The van der Waals surface area contributed by atoms with Crippen LogP contribution in [-0.2, 0) is 17.8 Å². The standard InChI is InChI=1S/C20H29N5O/c1-14-5-6-15(10-21-14)4-3-9-25-11-17(16-7-8-16)18(12-25)20-22-19(13-26-2)23-24-20/h5-6,10,16-18H,3-4,7-9,11-13H2,1-2H3,(H,22,23,24)/t17-,18+/m1/s1. The topological polar surface area (TPSA) is 66.9 Å². The number of aryl methyl sites for hydroxylation is 2. The average Bonchev–Trinajstić information content (AvgIpc) is 3.23. The van der Waals surface area contributed by atoms with Crippen LogP contribution in [0.25, 0.3) is 0 Å². The summed E-state index contributed by atoms with van der Waals surface area (Å²) in [6.45, 7) is 5.95. The Hall–Kier alpha value is -1.79. The molecule has 1 saturated heterocycles. The molecule has 0 bridgehead atoms. The zero-order chi connectivity index (χ0) is 17.9. The second-order valence-corrected chi connectivity index (χ2v) is 7.85. The highest BCUT2D eigenvalue weighted by molar-refractivity contribution is 5.13. The number of nitrogens with one attached hydrogen (secondary N) is 1. The lowest BCUT2D eigenvalue weighted by molar-refractivity contribution is 0.178. The zero-order valence-electron chi connectivity index (χ0n) is 15.8. The van der Waals surface area contributed by atoms with Crippen molar-refractivity contribution in [1.29, 1.82) is 0 Å². The van der Waals surface area contributed by atoms with Gasteiger partial charge < -0.3 is 9.64 Å². The first-order valence-corrected chi connectivity index (χ1v) is 9.77. The first kappa shape index (κ1) is 17.6. The Labute approximate surface area is 155 Å². The van der Waals surface area contributed by atoms with E-state index in [1.165, 1.54) is 31.4 Å². The molecule has 3 heterocycles. The lowest BCUT2D eigenvalue weighted by Crippen LogP contribution is -2.23. The van der Waals surface area contributed by atoms with Crippen LogP contribution in [0.5, 0.6) is 0 Å². The van der Waals surface area contributed by atoms with E-state index in [0.717, 1.165) is 42.8 Å². The number of ether oxygens (including phenoxy) is 1. The molecular weight excluding hydrogens is 326 g/mol. The van der Waals surface area contributed by atoms with E-state index in [-0.39, 0.29) is 0 Å². The third kappa shape index (κ3) is 4.13. The summed E-state index contributed by atoms with van der Waals surface area (Å²) < 4.78 is 5.16. The Kier molecular flexibility index (Phi) is 5.31. The summed E-state index contributed by atoms with van der Waals surface area (Å²) in [5.74, 6) is 3.87. The highest BCUT2D eigenvalue weighted by Gasteiger charge is 2.44. The van der Waals surface area contributed by atoms with Crippen LogP contribution in [0.4, 0.5) is 0 Å². The lowest BCUT2D eigenvalue weighted by Gasteiger charge is -2.15. The second-order valence-electron chi connectivity index (χ2n) is 7.85. The Balaban J connectivity index is 1.34. The van der Waals surface area contributed by atoms with Crippen molar-refractivity contribution in [3.63, 3.8) is 0 Å². The minimum absolute atomic E-state index is 0.463. The fraction of sp³-hybridized carbons (Fsp3) is 0.650. The van der Waals surface area contributed by atoms with Crippen LogP contribution in [0.2, 0.25) is 0 Å². The molecule has 0 aromatic carbocycles. The Morgan fingerprint density at radius 2 is 2.15 bits per heavy atom. The van der Waals surface area contributed by atoms with E-state index in [1.54, 1.807) is 7.11 Å². The molecule has 1 aliphatic carbocycles. The van der Waals surface area contributed by atoms with Gasteiger partial charge in [0, 0.05) is 38.0 Å². The van der Waals surface area contributed by atoms with Gasteiger partial charge in [-0.15, -0.1) is 0 Å². The van der Waals surface area contributed by atoms with Gasteiger partial charge in [-0.1, -0.05) is 6.07 Å². The molecule has 2 aromatic rings. The Morgan fingerprint density at radius 1 is 1.27 bits per heavy atom. The quantitative estimate of drug-likeness (QED) is 0.789. The van der Waals surface area contributed by atoms with E-state index in [9.17, 15) is 0 Å². The predicted octanol–water partition coefficient (Wildman–Crippen LogP) is 2.71. The number of pyridine rings is 1. The summed E-state index contributed by atoms with van der Waals surface area (Å²) in [7, 11) is 1.69. The van der Waals surface area contributed by atoms with E-state index in [1.807, 2.05) is 13.1 Å². The van der Waals surface area contributed by atoms with E-state index in [0.29, 0.717) is 18.4 Å². The molecule has 6 nitrogen and oxygen atoms in total. The van der Waals surface area contributed by atoms with Gasteiger partial charge in [0.1, 0.15) is 6.61 Å². The normalized spacial score (nSPS) is 23.6. The van der Waals surface area contributed by atoms with Crippen LogP contribution in [0, 0.1) is 18.8 Å². The van der Waals surface area contributed by atoms with Crippen molar-refractivity contribution >= 4 is 0 Å². The Bertz CT molecular complexity index is 709. The number of hydrogen-bond acceptors (Lipinski definition) is 5. The molecule has 2 aliphatic rings. The van der Waals surface area contributed by atoms with Gasteiger partial charge >= 0.3 is 0 Å². The molecule has 2 atom stereocenters. The highest BCUT2D eigenvalue weighted by Crippen LogP contribution is 2.46. The largest absolute Gasteiger partial charge is 0.377 e. The van der Waals surface area contributed by atoms with Crippen molar-refractivity contribution in [2.45, 2.75) is 45.1 Å². The van der Waals surface area contributed by atoms with Gasteiger partial charge in [-0.25, -0.2) is 4.98 Å². The SMILES string of the molecule is COCc1nc([C@H]2CN(CCCc3ccc(C)nc3)C[C@@H]2C2CC2)n[nH]1. The molecule has 2 fully saturated rings. The van der Waals surface area contributed by atoms with Gasteiger partial charge in [-0.05, 0) is 62.6 Å². The summed E-state index contributed by atoms with van der Waals surface area (Å²) in [5.41, 5.74) is 2.42. The van der Waals surface area contributed by atoms with Crippen LogP contribution in [0.15, 0.2) is 18.3 Å². The number of hydrogen-bond donors (Lipinski definition) is 1. The van der Waals surface area contributed by atoms with Crippen molar-refractivity contribution in [1.82, 2.24) is 25.1 Å². The molecule has 26 heavy (non-hydrogen) atoms. The molecule has 0 radical (unpaired) electrons. The van der Waals surface area contributed by atoms with E-state index >= 15 is 0 Å². The van der Waals surface area contributed by atoms with Crippen molar-refractivity contribution in [2.24, 2.45) is 11.8 Å². The molecule has 0 amide bonds. The highest BCUT2D eigenvalue weighted by atomic mass is 16.5. The first-order valence-electron chi connectivity index (χ1n) is 9.77. The van der Waals surface area contributed by atoms with Crippen LogP contribution in [0.3, 0.4) is 0 Å². The number of nitrogens with zero attached hydrogens (tertiary/aromatic N) is 4. The van der Waals surface area contributed by atoms with E-state index in [2.05, 4.69) is 37.2 Å². The molecule has 6 heteroatoms. The average molecular weight is 355 g/mol. The fourth-order valence-electron chi connectivity index (χ4n) is 4.20. The Morgan fingerprint density at radius 3 is 2.88 bits per heavy atom. The fourth-order valence-corrected chi connectivity index (χ4v) is 4.20. The number of rotatable bonds is 8. The summed E-state index contributed by atoms with van der Waals surface area (Å²) >= 11 is 0. The smallest absolute Gasteiger partial charge is 0.155 e. The minimum Gasteiger partial charge on any atom is -0.377 e. The van der Waals surface area contributed by atoms with Gasteiger partial charge in [0.2, 0.25) is 0 Å². The van der Waals surface area contributed by atoms with Crippen LogP contribution >= 0.6 is 0 Å². The van der Waals surface area contributed by atoms with E-state index < -0.39 is 0 Å². The maximum absolute atomic E-state index is 5.16. The van der Waals surface area contributed by atoms with Crippen molar-refractivity contribution in [2.75, 3.05) is 26.7 Å². The van der Waals surface area contributed by atoms with Crippen LogP contribution in [0.1, 0.15) is 48.1 Å². The third-order valence-corrected chi connectivity index (χ3v) is 5.74. The summed E-state index contributed by atoms with van der Waals surface area (Å²) in [4.78, 5) is 11.7. The van der Waals surface area contributed by atoms with Crippen molar-refractivity contribution in [3.05, 3.63) is 41.2 Å². The molecule has 2 aromatic heterocycles. The first-order chi connectivity index (χ1) is 12.7. The van der Waals surface area contributed by atoms with Crippen molar-refractivity contribution < 1.29 is 4.74 Å². The number of methoxy groups -OCH3 is 1. The molecule has 1 saturated carbocycles. The molecule has 1 aliphatic heterocycles. The van der Waals surface area contributed by atoms with Crippen LogP contribution in [-0.4, -0.2) is 51.8 Å². The minimum atomic E-state index is 0.463. The predicted molar refractivity (Wildman–Crippen MR) is 99.8 cm³/mol. The van der Waals surface area contributed by atoms with Gasteiger partial charge in [0.15, 0.2) is 11.6 Å².